The highest BCUT2D eigenvalue weighted by Crippen LogP contribution is 2.36. The summed E-state index contributed by atoms with van der Waals surface area (Å²) in [5.41, 5.74) is 0. The molecule has 0 heterocycles. The highest BCUT2D eigenvalue weighted by molar-refractivity contribution is 6.09. The average molecular weight is 256 g/mol. The topological polar surface area (TPSA) is 69.7 Å². The molecule has 1 rings (SSSR count). The number of methoxy groups -OCH3 is 2. The predicted molar refractivity (Wildman–Crippen MR) is 63.6 cm³/mol. The molecule has 1 aliphatic rings. The minimum Gasteiger partial charge on any atom is -0.468 e. The molecule has 1 fully saturated rings. The van der Waals surface area contributed by atoms with Crippen LogP contribution in [0.2, 0.25) is 0 Å². The number of esters is 2. The number of Topliss-reactive ketones (excluding diaryl/α,β-unsaturated/α-hetero) is 1. The first-order chi connectivity index (χ1) is 8.43. The lowest BCUT2D eigenvalue weighted by molar-refractivity contribution is -0.161. The van der Waals surface area contributed by atoms with Crippen LogP contribution in [0.4, 0.5) is 0 Å². The van der Waals surface area contributed by atoms with E-state index < -0.39 is 23.8 Å². The maximum atomic E-state index is 12.2. The molecule has 3 atom stereocenters. The molecular weight excluding hydrogens is 236 g/mol. The molecule has 0 aromatic rings. The highest BCUT2D eigenvalue weighted by Gasteiger charge is 2.47. The van der Waals surface area contributed by atoms with Gasteiger partial charge in [0, 0.05) is 0 Å². The molecule has 2 unspecified atom stereocenters. The van der Waals surface area contributed by atoms with E-state index >= 15 is 0 Å². The van der Waals surface area contributed by atoms with Gasteiger partial charge in [-0.25, -0.2) is 0 Å². The molecule has 0 radical (unpaired) electrons. The third-order valence-corrected chi connectivity index (χ3v) is 3.66. The van der Waals surface area contributed by atoms with Crippen molar-refractivity contribution in [1.82, 2.24) is 0 Å². The molecule has 102 valence electrons. The van der Waals surface area contributed by atoms with Gasteiger partial charge in [0.15, 0.2) is 5.78 Å². The van der Waals surface area contributed by atoms with Gasteiger partial charge in [-0.05, 0) is 24.7 Å². The van der Waals surface area contributed by atoms with Gasteiger partial charge in [-0.1, -0.05) is 13.8 Å². The van der Waals surface area contributed by atoms with E-state index in [1.807, 2.05) is 13.8 Å². The number of rotatable bonds is 3. The lowest BCUT2D eigenvalue weighted by atomic mass is 9.69. The number of carbonyl (C=O) groups is 3. The van der Waals surface area contributed by atoms with Crippen molar-refractivity contribution in [1.29, 1.82) is 0 Å². The highest BCUT2D eigenvalue weighted by atomic mass is 16.5. The van der Waals surface area contributed by atoms with Crippen molar-refractivity contribution in [2.45, 2.75) is 26.7 Å². The molecule has 5 heteroatoms. The summed E-state index contributed by atoms with van der Waals surface area (Å²) in [4.78, 5) is 35.5. The zero-order chi connectivity index (χ0) is 13.9. The SMILES string of the molecule is COC(=O)C1CC[C@H](C(C)C)C(C(=O)OC)C1=O. The second-order valence-electron chi connectivity index (χ2n) is 4.96. The monoisotopic (exact) mass is 256 g/mol. The van der Waals surface area contributed by atoms with E-state index in [1.54, 1.807) is 0 Å². The summed E-state index contributed by atoms with van der Waals surface area (Å²) in [6.45, 7) is 3.93. The number of ketones is 1. The van der Waals surface area contributed by atoms with Crippen molar-refractivity contribution in [2.75, 3.05) is 14.2 Å². The van der Waals surface area contributed by atoms with Gasteiger partial charge in [-0.3, -0.25) is 14.4 Å². The molecular formula is C13H20O5. The molecule has 1 saturated carbocycles. The lowest BCUT2D eigenvalue weighted by Gasteiger charge is -2.34. The van der Waals surface area contributed by atoms with E-state index in [2.05, 4.69) is 4.74 Å². The Labute approximate surface area is 107 Å². The van der Waals surface area contributed by atoms with Gasteiger partial charge in [-0.2, -0.15) is 0 Å². The molecule has 0 spiro atoms. The lowest BCUT2D eigenvalue weighted by Crippen LogP contribution is -2.45. The van der Waals surface area contributed by atoms with Gasteiger partial charge in [0.05, 0.1) is 14.2 Å². The summed E-state index contributed by atoms with van der Waals surface area (Å²) in [6, 6.07) is 0. The molecule has 0 saturated heterocycles. The molecule has 18 heavy (non-hydrogen) atoms. The van der Waals surface area contributed by atoms with Crippen LogP contribution in [0.1, 0.15) is 26.7 Å². The number of carbonyl (C=O) groups excluding carboxylic acids is 3. The molecule has 0 amide bonds. The minimum absolute atomic E-state index is 0.0640. The molecule has 0 N–H and O–H groups in total. The van der Waals surface area contributed by atoms with Crippen molar-refractivity contribution < 1.29 is 23.9 Å². The van der Waals surface area contributed by atoms with Gasteiger partial charge in [0.25, 0.3) is 0 Å². The summed E-state index contributed by atoms with van der Waals surface area (Å²) in [5.74, 6) is -3.01. The van der Waals surface area contributed by atoms with Crippen molar-refractivity contribution in [3.8, 4) is 0 Å². The van der Waals surface area contributed by atoms with Crippen molar-refractivity contribution >= 4 is 17.7 Å². The third-order valence-electron chi connectivity index (χ3n) is 3.66. The molecule has 0 aliphatic heterocycles. The van der Waals surface area contributed by atoms with Crippen molar-refractivity contribution in [2.24, 2.45) is 23.7 Å². The normalized spacial score (nSPS) is 28.1. The van der Waals surface area contributed by atoms with Crippen LogP contribution in [-0.2, 0) is 23.9 Å². The first-order valence-electron chi connectivity index (χ1n) is 6.13. The van der Waals surface area contributed by atoms with E-state index in [0.717, 1.165) is 0 Å². The largest absolute Gasteiger partial charge is 0.468 e. The van der Waals surface area contributed by atoms with Crippen LogP contribution in [0.5, 0.6) is 0 Å². The molecule has 0 bridgehead atoms. The molecule has 0 aromatic carbocycles. The van der Waals surface area contributed by atoms with Crippen LogP contribution < -0.4 is 0 Å². The van der Waals surface area contributed by atoms with Crippen LogP contribution in [0.3, 0.4) is 0 Å². The van der Waals surface area contributed by atoms with E-state index in [9.17, 15) is 14.4 Å². The summed E-state index contributed by atoms with van der Waals surface area (Å²) >= 11 is 0. The van der Waals surface area contributed by atoms with Crippen molar-refractivity contribution in [3.63, 3.8) is 0 Å². The maximum Gasteiger partial charge on any atom is 0.316 e. The third kappa shape index (κ3) is 2.71. The number of hydrogen-bond donors (Lipinski definition) is 0. The zero-order valence-corrected chi connectivity index (χ0v) is 11.3. The first kappa shape index (κ1) is 14.7. The maximum absolute atomic E-state index is 12.2. The Hall–Kier alpha value is -1.39. The smallest absolute Gasteiger partial charge is 0.316 e. The van der Waals surface area contributed by atoms with Gasteiger partial charge in [0.1, 0.15) is 11.8 Å². The second kappa shape index (κ2) is 5.98. The van der Waals surface area contributed by atoms with Crippen molar-refractivity contribution in [3.05, 3.63) is 0 Å². The standard InChI is InChI=1S/C13H20O5/c1-7(2)8-5-6-9(12(15)17-3)11(14)10(8)13(16)18-4/h7-10H,5-6H2,1-4H3/t8-,9?,10?/m1/s1. The fourth-order valence-electron chi connectivity index (χ4n) is 2.61. The Morgan fingerprint density at radius 3 is 2.11 bits per heavy atom. The van der Waals surface area contributed by atoms with Gasteiger partial charge < -0.3 is 9.47 Å². The minimum atomic E-state index is -0.840. The Bertz CT molecular complexity index is 347. The van der Waals surface area contributed by atoms with E-state index in [-0.39, 0.29) is 17.6 Å². The molecule has 1 aliphatic carbocycles. The first-order valence-corrected chi connectivity index (χ1v) is 6.13. The Kier molecular flexibility index (Phi) is 4.87. The van der Waals surface area contributed by atoms with Gasteiger partial charge >= 0.3 is 11.9 Å². The Balaban J connectivity index is 2.98. The number of hydrogen-bond acceptors (Lipinski definition) is 5. The van der Waals surface area contributed by atoms with E-state index in [4.69, 9.17) is 4.74 Å². The fraction of sp³-hybridized carbons (Fsp3) is 0.769. The summed E-state index contributed by atoms with van der Waals surface area (Å²) in [5, 5.41) is 0. The fourth-order valence-corrected chi connectivity index (χ4v) is 2.61. The summed E-state index contributed by atoms with van der Waals surface area (Å²) in [7, 11) is 2.51. The van der Waals surface area contributed by atoms with Gasteiger partial charge in [-0.15, -0.1) is 0 Å². The summed E-state index contributed by atoms with van der Waals surface area (Å²) < 4.78 is 9.30. The molecule has 0 aromatic heterocycles. The Morgan fingerprint density at radius 1 is 1.11 bits per heavy atom. The zero-order valence-electron chi connectivity index (χ0n) is 11.3. The number of ether oxygens (including phenoxy) is 2. The van der Waals surface area contributed by atoms with Crippen LogP contribution >= 0.6 is 0 Å². The average Bonchev–Trinajstić information content (AvgIpc) is 2.36. The second-order valence-corrected chi connectivity index (χ2v) is 4.96. The Morgan fingerprint density at radius 2 is 1.67 bits per heavy atom. The summed E-state index contributed by atoms with van der Waals surface area (Å²) in [6.07, 6.45) is 1.10. The van der Waals surface area contributed by atoms with Crippen LogP contribution in [-0.4, -0.2) is 31.9 Å². The van der Waals surface area contributed by atoms with Crippen LogP contribution in [0.25, 0.3) is 0 Å². The molecule has 5 nitrogen and oxygen atoms in total. The quantitative estimate of drug-likeness (QED) is 0.560. The predicted octanol–water partition coefficient (Wildman–Crippen LogP) is 1.20. The van der Waals surface area contributed by atoms with E-state index in [0.29, 0.717) is 12.8 Å². The van der Waals surface area contributed by atoms with Gasteiger partial charge in [0.2, 0.25) is 0 Å². The van der Waals surface area contributed by atoms with Crippen LogP contribution in [0, 0.1) is 23.7 Å². The van der Waals surface area contributed by atoms with E-state index in [1.165, 1.54) is 14.2 Å². The van der Waals surface area contributed by atoms with Crippen LogP contribution in [0.15, 0.2) is 0 Å².